The largest absolute Gasteiger partial charge is 0.658 e. The van der Waals surface area contributed by atoms with Crippen molar-refractivity contribution in [2.45, 2.75) is 0 Å². The Morgan fingerprint density at radius 2 is 1.00 bits per heavy atom. The van der Waals surface area contributed by atoms with Crippen LogP contribution in [0.3, 0.4) is 0 Å². The molecule has 1 aliphatic rings. The minimum absolute atomic E-state index is 0.818. The van der Waals surface area contributed by atoms with Gasteiger partial charge in [-0.15, -0.1) is 0 Å². The molecule has 2 nitrogen and oxygen atoms in total. The van der Waals surface area contributed by atoms with Crippen LogP contribution in [-0.2, 0) is 0 Å². The van der Waals surface area contributed by atoms with Crippen molar-refractivity contribution >= 4 is 29.2 Å². The van der Waals surface area contributed by atoms with Gasteiger partial charge in [0.2, 0.25) is 0 Å². The second-order valence-electron chi connectivity index (χ2n) is 5.65. The topological polar surface area (TPSA) is 18.5 Å². The number of fused-ring (bicyclic) bond motifs is 7. The Bertz CT molecular complexity index is 971. The van der Waals surface area contributed by atoms with Crippen LogP contribution in [0.25, 0.3) is 32.7 Å². The summed E-state index contributed by atoms with van der Waals surface area (Å²) in [6.07, 6.45) is 0. The molecule has 1 aliphatic heterocycles. The highest BCUT2D eigenvalue weighted by atomic mass is 16.6. The fourth-order valence-electron chi connectivity index (χ4n) is 3.34. The molecular weight excluding hydrogens is 283 g/mol. The van der Waals surface area contributed by atoms with Gasteiger partial charge in [0.1, 0.15) is 11.5 Å². The number of benzene rings is 4. The van der Waals surface area contributed by atoms with Crippen LogP contribution in [0.1, 0.15) is 0 Å². The Balaban J connectivity index is 2.01. The van der Waals surface area contributed by atoms with Gasteiger partial charge in [0.05, 0.1) is 0 Å². The van der Waals surface area contributed by atoms with E-state index in [0.717, 1.165) is 22.6 Å². The summed E-state index contributed by atoms with van der Waals surface area (Å²) in [7, 11) is 1.41. The van der Waals surface area contributed by atoms with Crippen LogP contribution >= 0.6 is 0 Å². The molecule has 0 fully saturated rings. The highest BCUT2D eigenvalue weighted by molar-refractivity contribution is 6.24. The zero-order valence-corrected chi connectivity index (χ0v) is 12.3. The summed E-state index contributed by atoms with van der Waals surface area (Å²) in [5, 5.41) is 4.72. The van der Waals surface area contributed by atoms with Crippen molar-refractivity contribution in [1.82, 2.24) is 0 Å². The summed E-state index contributed by atoms with van der Waals surface area (Å²) >= 11 is 0. The molecule has 0 saturated carbocycles. The van der Waals surface area contributed by atoms with Crippen molar-refractivity contribution in [2.24, 2.45) is 0 Å². The highest BCUT2D eigenvalue weighted by Gasteiger charge is 2.22. The molecule has 1 radical (unpaired) electrons. The van der Waals surface area contributed by atoms with E-state index in [1.54, 1.807) is 0 Å². The lowest BCUT2D eigenvalue weighted by Crippen LogP contribution is -2.08. The monoisotopic (exact) mass is 295 g/mol. The van der Waals surface area contributed by atoms with Gasteiger partial charge < -0.3 is 9.31 Å². The first-order valence-electron chi connectivity index (χ1n) is 7.61. The van der Waals surface area contributed by atoms with Crippen LogP contribution in [0.5, 0.6) is 11.5 Å². The maximum absolute atomic E-state index is 5.74. The standard InChI is InChI=1S/C20H12BO2/c1-3-7-15-13(5-1)9-11-17-19(15)20-16-8-4-2-6-14(16)10-12-18(20)23-21-22-17/h1-12H. The molecule has 0 atom stereocenters. The van der Waals surface area contributed by atoms with Gasteiger partial charge in [-0.25, -0.2) is 0 Å². The summed E-state index contributed by atoms with van der Waals surface area (Å²) in [6, 6.07) is 24.9. The number of rotatable bonds is 0. The maximum Gasteiger partial charge on any atom is 0.658 e. The molecule has 0 unspecified atom stereocenters. The number of hydrogen-bond donors (Lipinski definition) is 0. The lowest BCUT2D eigenvalue weighted by molar-refractivity contribution is 0.468. The predicted molar refractivity (Wildman–Crippen MR) is 93.9 cm³/mol. The van der Waals surface area contributed by atoms with Crippen molar-refractivity contribution in [3.05, 3.63) is 72.8 Å². The molecule has 0 saturated heterocycles. The lowest BCUT2D eigenvalue weighted by atomic mass is 9.92. The van der Waals surface area contributed by atoms with E-state index in [0.29, 0.717) is 0 Å². The molecule has 4 aromatic rings. The molecule has 0 amide bonds. The molecule has 0 N–H and O–H groups in total. The molecule has 3 heteroatoms. The van der Waals surface area contributed by atoms with Crippen LogP contribution in [0, 0.1) is 0 Å². The van der Waals surface area contributed by atoms with Gasteiger partial charge in [0, 0.05) is 11.1 Å². The van der Waals surface area contributed by atoms with E-state index in [1.807, 2.05) is 12.1 Å². The van der Waals surface area contributed by atoms with Gasteiger partial charge in [-0.3, -0.25) is 0 Å². The van der Waals surface area contributed by atoms with Gasteiger partial charge >= 0.3 is 7.69 Å². The van der Waals surface area contributed by atoms with E-state index in [2.05, 4.69) is 60.7 Å². The van der Waals surface area contributed by atoms with Crippen molar-refractivity contribution in [3.8, 4) is 22.6 Å². The fourth-order valence-corrected chi connectivity index (χ4v) is 3.34. The van der Waals surface area contributed by atoms with Crippen LogP contribution in [0.2, 0.25) is 0 Å². The van der Waals surface area contributed by atoms with Gasteiger partial charge in [-0.05, 0) is 33.7 Å². The average molecular weight is 295 g/mol. The molecule has 0 bridgehead atoms. The third-order valence-corrected chi connectivity index (χ3v) is 4.38. The van der Waals surface area contributed by atoms with Gasteiger partial charge in [-0.1, -0.05) is 60.7 Å². The quantitative estimate of drug-likeness (QED) is 0.427. The zero-order chi connectivity index (χ0) is 15.2. The minimum atomic E-state index is 0.818. The van der Waals surface area contributed by atoms with E-state index < -0.39 is 0 Å². The molecule has 0 aromatic heterocycles. The maximum atomic E-state index is 5.74. The second-order valence-corrected chi connectivity index (χ2v) is 5.65. The Labute approximate surface area is 134 Å². The first kappa shape index (κ1) is 12.6. The summed E-state index contributed by atoms with van der Waals surface area (Å²) in [6.45, 7) is 0. The Morgan fingerprint density at radius 1 is 0.522 bits per heavy atom. The summed E-state index contributed by atoms with van der Waals surface area (Å²) in [4.78, 5) is 0. The van der Waals surface area contributed by atoms with Crippen molar-refractivity contribution in [1.29, 1.82) is 0 Å². The molecule has 23 heavy (non-hydrogen) atoms. The van der Waals surface area contributed by atoms with E-state index in [-0.39, 0.29) is 0 Å². The molecule has 5 rings (SSSR count). The fraction of sp³-hybridized carbons (Fsp3) is 0. The Morgan fingerprint density at radius 3 is 1.52 bits per heavy atom. The van der Waals surface area contributed by atoms with Gasteiger partial charge in [-0.2, -0.15) is 0 Å². The average Bonchev–Trinajstić information content (AvgIpc) is 2.81. The van der Waals surface area contributed by atoms with Crippen LogP contribution in [0.15, 0.2) is 72.8 Å². The summed E-state index contributed by atoms with van der Waals surface area (Å²) in [5.41, 5.74) is 2.17. The zero-order valence-electron chi connectivity index (χ0n) is 12.3. The Kier molecular flexibility index (Phi) is 2.62. The summed E-state index contributed by atoms with van der Waals surface area (Å²) < 4.78 is 11.5. The number of hydrogen-bond acceptors (Lipinski definition) is 2. The first-order valence-corrected chi connectivity index (χ1v) is 7.61. The van der Waals surface area contributed by atoms with Gasteiger partial charge in [0.25, 0.3) is 0 Å². The smallest absolute Gasteiger partial charge is 0.526 e. The van der Waals surface area contributed by atoms with Crippen molar-refractivity contribution in [3.63, 3.8) is 0 Å². The van der Waals surface area contributed by atoms with E-state index in [9.17, 15) is 0 Å². The normalized spacial score (nSPS) is 12.5. The summed E-state index contributed by atoms with van der Waals surface area (Å²) in [5.74, 6) is 1.64. The molecule has 0 spiro atoms. The van der Waals surface area contributed by atoms with Crippen LogP contribution in [-0.4, -0.2) is 7.69 Å². The third-order valence-electron chi connectivity index (χ3n) is 4.38. The van der Waals surface area contributed by atoms with Gasteiger partial charge in [0.15, 0.2) is 0 Å². The molecule has 1 heterocycles. The lowest BCUT2D eigenvalue weighted by Gasteiger charge is -2.14. The van der Waals surface area contributed by atoms with Crippen molar-refractivity contribution in [2.75, 3.05) is 0 Å². The second kappa shape index (κ2) is 4.78. The molecule has 107 valence electrons. The Hall–Kier alpha value is -2.94. The molecular formula is C20H12BO2. The SMILES string of the molecule is [B]1Oc2ccc3ccccc3c2-c2c(ccc3ccccc23)O1. The van der Waals surface area contributed by atoms with E-state index >= 15 is 0 Å². The van der Waals surface area contributed by atoms with E-state index in [4.69, 9.17) is 9.31 Å². The van der Waals surface area contributed by atoms with Crippen molar-refractivity contribution < 1.29 is 9.31 Å². The first-order chi connectivity index (χ1) is 11.4. The minimum Gasteiger partial charge on any atom is -0.526 e. The van der Waals surface area contributed by atoms with Crippen LogP contribution in [0.4, 0.5) is 0 Å². The highest BCUT2D eigenvalue weighted by Crippen LogP contribution is 2.46. The van der Waals surface area contributed by atoms with E-state index in [1.165, 1.54) is 29.2 Å². The van der Waals surface area contributed by atoms with Crippen LogP contribution < -0.4 is 9.31 Å². The third kappa shape index (κ3) is 1.83. The predicted octanol–water partition coefficient (Wildman–Crippen LogP) is 4.97. The molecule has 0 aliphatic carbocycles. The molecule has 4 aromatic carbocycles.